The lowest BCUT2D eigenvalue weighted by atomic mass is 9.93. The summed E-state index contributed by atoms with van der Waals surface area (Å²) in [5.41, 5.74) is 3.37. The SMILES string of the molecule is Clc1ccc(C2(c3cc4ncccn4n3)CC2)cc1. The van der Waals surface area contributed by atoms with E-state index in [0.717, 1.165) is 29.2 Å². The summed E-state index contributed by atoms with van der Waals surface area (Å²) in [4.78, 5) is 4.33. The van der Waals surface area contributed by atoms with Gasteiger partial charge < -0.3 is 0 Å². The number of nitrogens with zero attached hydrogens (tertiary/aromatic N) is 3. The molecule has 94 valence electrons. The fraction of sp³-hybridized carbons (Fsp3) is 0.200. The zero-order valence-electron chi connectivity index (χ0n) is 10.3. The van der Waals surface area contributed by atoms with Crippen molar-refractivity contribution in [1.29, 1.82) is 0 Å². The van der Waals surface area contributed by atoms with Gasteiger partial charge in [0.15, 0.2) is 5.65 Å². The molecule has 2 aromatic heterocycles. The molecule has 0 aliphatic heterocycles. The van der Waals surface area contributed by atoms with Crippen molar-refractivity contribution < 1.29 is 0 Å². The van der Waals surface area contributed by atoms with Crippen LogP contribution in [-0.4, -0.2) is 14.6 Å². The highest BCUT2D eigenvalue weighted by Gasteiger charge is 2.48. The molecule has 0 N–H and O–H groups in total. The normalized spacial score (nSPS) is 16.7. The van der Waals surface area contributed by atoms with Crippen molar-refractivity contribution in [3.63, 3.8) is 0 Å². The van der Waals surface area contributed by atoms with Crippen LogP contribution in [0.25, 0.3) is 5.65 Å². The fourth-order valence-electron chi connectivity index (χ4n) is 2.65. The van der Waals surface area contributed by atoms with Crippen LogP contribution in [0.15, 0.2) is 48.8 Å². The molecule has 1 aliphatic carbocycles. The van der Waals surface area contributed by atoms with Gasteiger partial charge in [-0.15, -0.1) is 0 Å². The minimum atomic E-state index is 0.0677. The number of benzene rings is 1. The summed E-state index contributed by atoms with van der Waals surface area (Å²) in [7, 11) is 0. The third-order valence-corrected chi connectivity index (χ3v) is 4.13. The molecule has 1 aliphatic rings. The predicted octanol–water partition coefficient (Wildman–Crippen LogP) is 3.46. The lowest BCUT2D eigenvalue weighted by Crippen LogP contribution is -2.09. The van der Waals surface area contributed by atoms with Crippen molar-refractivity contribution in [2.24, 2.45) is 0 Å². The molecule has 19 heavy (non-hydrogen) atoms. The predicted molar refractivity (Wildman–Crippen MR) is 74.5 cm³/mol. The summed E-state index contributed by atoms with van der Waals surface area (Å²) >= 11 is 5.96. The molecule has 4 rings (SSSR count). The molecule has 0 radical (unpaired) electrons. The van der Waals surface area contributed by atoms with Crippen LogP contribution in [0.1, 0.15) is 24.1 Å². The van der Waals surface area contributed by atoms with Gasteiger partial charge in [0.05, 0.1) is 5.69 Å². The van der Waals surface area contributed by atoms with E-state index in [2.05, 4.69) is 28.3 Å². The van der Waals surface area contributed by atoms with Crippen LogP contribution < -0.4 is 0 Å². The molecule has 0 unspecified atom stereocenters. The van der Waals surface area contributed by atoms with E-state index in [1.165, 1.54) is 5.56 Å². The molecule has 0 amide bonds. The van der Waals surface area contributed by atoms with Gasteiger partial charge in [-0.05, 0) is 36.6 Å². The van der Waals surface area contributed by atoms with Gasteiger partial charge in [-0.3, -0.25) is 0 Å². The number of halogens is 1. The Kier molecular flexibility index (Phi) is 2.21. The van der Waals surface area contributed by atoms with Gasteiger partial charge in [0.2, 0.25) is 0 Å². The second kappa shape index (κ2) is 3.81. The van der Waals surface area contributed by atoms with E-state index in [9.17, 15) is 0 Å². The minimum Gasteiger partial charge on any atom is -0.237 e. The number of aromatic nitrogens is 3. The highest BCUT2D eigenvalue weighted by Crippen LogP contribution is 2.53. The van der Waals surface area contributed by atoms with Gasteiger partial charge in [-0.1, -0.05) is 23.7 Å². The summed E-state index contributed by atoms with van der Waals surface area (Å²) in [5, 5.41) is 5.44. The van der Waals surface area contributed by atoms with E-state index in [4.69, 9.17) is 11.6 Å². The maximum absolute atomic E-state index is 5.96. The average Bonchev–Trinajstić information content (AvgIpc) is 3.13. The number of hydrogen-bond donors (Lipinski definition) is 0. The van der Waals surface area contributed by atoms with E-state index in [1.54, 1.807) is 6.20 Å². The Bertz CT molecular complexity index is 708. The zero-order valence-corrected chi connectivity index (χ0v) is 11.0. The first kappa shape index (κ1) is 11.0. The van der Waals surface area contributed by atoms with Crippen molar-refractivity contribution in [3.8, 4) is 0 Å². The maximum atomic E-state index is 5.96. The maximum Gasteiger partial charge on any atom is 0.155 e. The van der Waals surface area contributed by atoms with Crippen molar-refractivity contribution in [2.75, 3.05) is 0 Å². The van der Waals surface area contributed by atoms with Gasteiger partial charge >= 0.3 is 0 Å². The molecular formula is C15H12ClN3. The van der Waals surface area contributed by atoms with Crippen molar-refractivity contribution >= 4 is 17.2 Å². The summed E-state index contributed by atoms with van der Waals surface area (Å²) < 4.78 is 1.84. The first-order valence-corrected chi connectivity index (χ1v) is 6.73. The smallest absolute Gasteiger partial charge is 0.155 e. The Morgan fingerprint density at radius 1 is 1.16 bits per heavy atom. The van der Waals surface area contributed by atoms with Crippen LogP contribution in [0, 0.1) is 0 Å². The van der Waals surface area contributed by atoms with Gasteiger partial charge in [-0.2, -0.15) is 5.10 Å². The molecule has 0 bridgehead atoms. The standard InChI is InChI=1S/C15H12ClN3/c16-12-4-2-11(3-5-12)15(6-7-15)13-10-14-17-8-1-9-19(14)18-13/h1-5,8-10H,6-7H2. The Balaban J connectivity index is 1.84. The fourth-order valence-corrected chi connectivity index (χ4v) is 2.78. The number of fused-ring (bicyclic) bond motifs is 1. The van der Waals surface area contributed by atoms with E-state index in [1.807, 2.05) is 28.9 Å². The molecule has 1 saturated carbocycles. The zero-order chi connectivity index (χ0) is 12.9. The monoisotopic (exact) mass is 269 g/mol. The molecular weight excluding hydrogens is 258 g/mol. The van der Waals surface area contributed by atoms with Crippen LogP contribution in [0.2, 0.25) is 5.02 Å². The molecule has 4 heteroatoms. The van der Waals surface area contributed by atoms with Gasteiger partial charge in [0.1, 0.15) is 0 Å². The second-order valence-electron chi connectivity index (χ2n) is 5.04. The van der Waals surface area contributed by atoms with Crippen molar-refractivity contribution in [3.05, 3.63) is 65.1 Å². The molecule has 1 aromatic carbocycles. The van der Waals surface area contributed by atoms with Crippen molar-refractivity contribution in [1.82, 2.24) is 14.6 Å². The molecule has 1 fully saturated rings. The molecule has 0 saturated heterocycles. The number of rotatable bonds is 2. The summed E-state index contributed by atoms with van der Waals surface area (Å²) in [5.74, 6) is 0. The Labute approximate surface area is 115 Å². The highest BCUT2D eigenvalue weighted by atomic mass is 35.5. The van der Waals surface area contributed by atoms with E-state index >= 15 is 0 Å². The topological polar surface area (TPSA) is 30.2 Å². The third kappa shape index (κ3) is 1.65. The Morgan fingerprint density at radius 3 is 2.63 bits per heavy atom. The van der Waals surface area contributed by atoms with E-state index < -0.39 is 0 Å². The van der Waals surface area contributed by atoms with Crippen LogP contribution in [0.3, 0.4) is 0 Å². The second-order valence-corrected chi connectivity index (χ2v) is 5.48. The molecule has 3 nitrogen and oxygen atoms in total. The quantitative estimate of drug-likeness (QED) is 0.713. The largest absolute Gasteiger partial charge is 0.237 e. The average molecular weight is 270 g/mol. The summed E-state index contributed by atoms with van der Waals surface area (Å²) in [6.07, 6.45) is 6.00. The first-order chi connectivity index (χ1) is 9.28. The lowest BCUT2D eigenvalue weighted by Gasteiger charge is -2.12. The Hall–Kier alpha value is -1.87. The molecule has 0 spiro atoms. The molecule has 3 aromatic rings. The molecule has 2 heterocycles. The van der Waals surface area contributed by atoms with Crippen LogP contribution in [-0.2, 0) is 5.41 Å². The van der Waals surface area contributed by atoms with E-state index in [0.29, 0.717) is 0 Å². The van der Waals surface area contributed by atoms with Gasteiger partial charge in [-0.25, -0.2) is 9.50 Å². The van der Waals surface area contributed by atoms with Gasteiger partial charge in [0, 0.05) is 28.9 Å². The first-order valence-electron chi connectivity index (χ1n) is 6.35. The lowest BCUT2D eigenvalue weighted by molar-refractivity contribution is 0.770. The minimum absolute atomic E-state index is 0.0677. The van der Waals surface area contributed by atoms with Crippen molar-refractivity contribution in [2.45, 2.75) is 18.3 Å². The number of hydrogen-bond acceptors (Lipinski definition) is 2. The summed E-state index contributed by atoms with van der Waals surface area (Å²) in [6.45, 7) is 0. The van der Waals surface area contributed by atoms with Crippen LogP contribution in [0.5, 0.6) is 0 Å². The van der Waals surface area contributed by atoms with Crippen LogP contribution in [0.4, 0.5) is 0 Å². The molecule has 0 atom stereocenters. The van der Waals surface area contributed by atoms with Gasteiger partial charge in [0.25, 0.3) is 0 Å². The van der Waals surface area contributed by atoms with E-state index in [-0.39, 0.29) is 5.41 Å². The summed E-state index contributed by atoms with van der Waals surface area (Å²) in [6, 6.07) is 12.1. The Morgan fingerprint density at radius 2 is 1.95 bits per heavy atom. The van der Waals surface area contributed by atoms with Crippen LogP contribution >= 0.6 is 11.6 Å². The highest BCUT2D eigenvalue weighted by molar-refractivity contribution is 6.30. The third-order valence-electron chi connectivity index (χ3n) is 3.87.